The van der Waals surface area contributed by atoms with E-state index < -0.39 is 53.6 Å². The van der Waals surface area contributed by atoms with Crippen LogP contribution in [0, 0.1) is 0 Å². The number of benzene rings is 2. The first-order valence-electron chi connectivity index (χ1n) is 17.3. The molecule has 0 radical (unpaired) electrons. The van der Waals surface area contributed by atoms with Crippen molar-refractivity contribution in [2.45, 2.75) is 91.0 Å². The van der Waals surface area contributed by atoms with Gasteiger partial charge in [0.2, 0.25) is 0 Å². The number of hydrogen-bond donors (Lipinski definition) is 6. The molecule has 0 aliphatic carbocycles. The van der Waals surface area contributed by atoms with Crippen LogP contribution in [0.3, 0.4) is 0 Å². The molecule has 4 atom stereocenters. The molecule has 2 aromatic rings. The van der Waals surface area contributed by atoms with Gasteiger partial charge in [0.1, 0.15) is 20.2 Å². The Bertz CT molecular complexity index is 1930. The number of imide groups is 1. The Morgan fingerprint density at radius 3 is 2.26 bits per heavy atom. The van der Waals surface area contributed by atoms with Crippen molar-refractivity contribution in [2.24, 2.45) is 0 Å². The predicted molar refractivity (Wildman–Crippen MR) is 189 cm³/mol. The third-order valence-electron chi connectivity index (χ3n) is 9.64. The second-order valence-corrected chi connectivity index (χ2v) is 17.3. The van der Waals surface area contributed by atoms with Crippen LogP contribution in [0.1, 0.15) is 78.5 Å². The van der Waals surface area contributed by atoms with Gasteiger partial charge in [-0.15, -0.1) is 0 Å². The maximum atomic E-state index is 13.3. The number of nitrogens with one attached hydrogen (secondary N) is 4. The van der Waals surface area contributed by atoms with Crippen molar-refractivity contribution < 1.29 is 102 Å². The van der Waals surface area contributed by atoms with Crippen molar-refractivity contribution in [1.82, 2.24) is 26.2 Å². The van der Waals surface area contributed by atoms with E-state index in [0.29, 0.717) is 37.5 Å². The van der Waals surface area contributed by atoms with Crippen LogP contribution in [-0.2, 0) is 25.0 Å². The molecule has 9 N–H and O–H groups in total. The van der Waals surface area contributed by atoms with E-state index in [1.165, 1.54) is 0 Å². The van der Waals surface area contributed by atoms with Gasteiger partial charge in [-0.2, -0.15) is 11.8 Å². The van der Waals surface area contributed by atoms with E-state index in [0.717, 1.165) is 74.0 Å². The summed E-state index contributed by atoms with van der Waals surface area (Å²) in [5, 5.41) is 12.2. The molecule has 3 aliphatic heterocycles. The molecular formula is C32H44KN7O10S3. The fraction of sp³-hybridized carbons (Fsp3) is 0.562. The fourth-order valence-corrected chi connectivity index (χ4v) is 9.58. The van der Waals surface area contributed by atoms with Crippen molar-refractivity contribution >= 4 is 72.2 Å². The third kappa shape index (κ3) is 10.7. The maximum Gasteiger partial charge on any atom is 1.00 e. The Balaban J connectivity index is 0.00000627. The minimum absolute atomic E-state index is 0. The number of carbonyl (C=O) groups excluding carboxylic acids is 4. The molecular weight excluding hydrogens is 778 g/mol. The number of fused-ring (bicyclic) bond motifs is 1. The largest absolute Gasteiger partial charge is 1.00 e. The Kier molecular flexibility index (Phi) is 15.6. The Labute approximate surface area is 355 Å². The number of carbonyl (C=O) groups is 4. The second-order valence-electron chi connectivity index (χ2n) is 13.3. The number of nitrogens with zero attached hydrogens (tertiary/aromatic N) is 1. The molecule has 1 unspecified atom stereocenters. The number of rotatable bonds is 19. The van der Waals surface area contributed by atoms with Crippen LogP contribution in [0.4, 0.5) is 10.5 Å². The zero-order chi connectivity index (χ0) is 37.8. The van der Waals surface area contributed by atoms with Crippen molar-refractivity contribution in [3.8, 4) is 0 Å². The van der Waals surface area contributed by atoms with Gasteiger partial charge in [-0.1, -0.05) is 6.42 Å². The summed E-state index contributed by atoms with van der Waals surface area (Å²) in [6.07, 6.45) is 6.93. The number of unbranched alkanes of at least 4 members (excludes halogenated alkanes) is 4. The van der Waals surface area contributed by atoms with Gasteiger partial charge < -0.3 is 41.8 Å². The molecule has 0 aromatic heterocycles. The predicted octanol–water partition coefficient (Wildman–Crippen LogP) is -3.18. The first-order valence-corrected chi connectivity index (χ1v) is 21.1. The van der Waals surface area contributed by atoms with E-state index in [-0.39, 0.29) is 104 Å². The van der Waals surface area contributed by atoms with Gasteiger partial charge >= 0.3 is 57.4 Å². The van der Waals surface area contributed by atoms with E-state index in [4.69, 9.17) is 5.73 Å². The van der Waals surface area contributed by atoms with Crippen molar-refractivity contribution in [3.05, 3.63) is 29.3 Å². The van der Waals surface area contributed by atoms with Gasteiger partial charge in [0, 0.05) is 46.8 Å². The second kappa shape index (κ2) is 18.8. The molecule has 286 valence electrons. The molecule has 3 aliphatic rings. The average Bonchev–Trinajstić information content (AvgIpc) is 3.63. The Morgan fingerprint density at radius 1 is 0.925 bits per heavy atom. The number of hydrogen-bond acceptors (Lipinski definition) is 13. The summed E-state index contributed by atoms with van der Waals surface area (Å²) in [4.78, 5) is 49.7. The zero-order valence-corrected chi connectivity index (χ0v) is 35.1. The summed E-state index contributed by atoms with van der Waals surface area (Å²) < 4.78 is 71.1. The number of nitrogen functional groups attached to an aromatic ring is 1. The number of urea groups is 1. The van der Waals surface area contributed by atoms with Crippen LogP contribution < -0.4 is 84.1 Å². The third-order valence-corrected chi connectivity index (χ3v) is 12.8. The SMILES string of the molecule is Nc1c(S(=O)(=O)[O-])cc2c3c(cc(S(=O)(=O)[O-])cc13)C(=O)N(CCCCCNC(=O)C([NH3+])CCCCNCCCC[C@@H]1SC[C@@H]3NC(=O)N[C@@H]31)C2=O.[K+]. The van der Waals surface area contributed by atoms with Gasteiger partial charge in [-0.05, 0) is 76.2 Å². The van der Waals surface area contributed by atoms with Crippen molar-refractivity contribution in [2.75, 3.05) is 37.7 Å². The van der Waals surface area contributed by atoms with Crippen LogP contribution >= 0.6 is 11.8 Å². The van der Waals surface area contributed by atoms with Crippen LogP contribution in [-0.4, -0.2) is 110 Å². The van der Waals surface area contributed by atoms with Crippen molar-refractivity contribution in [3.63, 3.8) is 0 Å². The van der Waals surface area contributed by atoms with Crippen LogP contribution in [0.15, 0.2) is 28.0 Å². The molecule has 2 saturated heterocycles. The summed E-state index contributed by atoms with van der Waals surface area (Å²) in [6, 6.07) is 2.34. The van der Waals surface area contributed by atoms with Gasteiger partial charge in [0.15, 0.2) is 6.04 Å². The number of thioether (sulfide) groups is 1. The summed E-state index contributed by atoms with van der Waals surface area (Å²) in [5.74, 6) is -1.01. The maximum absolute atomic E-state index is 13.3. The standard InChI is InChI=1S/C32H45N7O10S3.K/c33-22(8-2-5-10-35-11-6-3-9-24-28-23(17-50-24)37-32(43)38-28)29(40)36-12-4-1-7-13-39-30(41)20-15-18(51(44,45)46)14-19-26(20)21(31(39)42)16-25(27(19)34)52(47,48)49;/h14-16,22-24,28,35H,1-13,17,33-34H2,(H,36,40)(H2,37,38,43)(H,44,45,46)(H,47,48,49);/q;+1/p-1/t22?,23-,24-,28-;/m0./s1. The molecule has 5 amide bonds. The fourth-order valence-electron chi connectivity index (χ4n) is 6.87. The number of anilines is 1. The summed E-state index contributed by atoms with van der Waals surface area (Å²) in [7, 11) is -10.4. The van der Waals surface area contributed by atoms with Crippen LogP contribution in [0.2, 0.25) is 0 Å². The smallest absolute Gasteiger partial charge is 0.744 e. The average molecular weight is 822 g/mol. The molecule has 17 nitrogen and oxygen atoms in total. The van der Waals surface area contributed by atoms with Crippen LogP contribution in [0.5, 0.6) is 0 Å². The van der Waals surface area contributed by atoms with E-state index >= 15 is 0 Å². The van der Waals surface area contributed by atoms with Crippen LogP contribution in [0.25, 0.3) is 10.8 Å². The topological polar surface area (TPSA) is 288 Å². The van der Waals surface area contributed by atoms with Gasteiger partial charge in [-0.25, -0.2) is 21.6 Å². The Morgan fingerprint density at radius 2 is 1.58 bits per heavy atom. The molecule has 3 heterocycles. The minimum atomic E-state index is -5.22. The number of amides is 5. The first-order chi connectivity index (χ1) is 24.6. The van der Waals surface area contributed by atoms with E-state index in [2.05, 4.69) is 27.0 Å². The number of nitrogens with two attached hydrogens (primary N) is 1. The molecule has 5 rings (SSSR count). The zero-order valence-electron chi connectivity index (χ0n) is 29.5. The summed E-state index contributed by atoms with van der Waals surface area (Å²) >= 11 is 1.92. The molecule has 21 heteroatoms. The van der Waals surface area contributed by atoms with E-state index in [1.807, 2.05) is 11.8 Å². The minimum Gasteiger partial charge on any atom is -0.744 e. The quantitative estimate of drug-likeness (QED) is 0.0204. The monoisotopic (exact) mass is 821 g/mol. The molecule has 2 aromatic carbocycles. The molecule has 53 heavy (non-hydrogen) atoms. The molecule has 0 spiro atoms. The van der Waals surface area contributed by atoms with Gasteiger partial charge in [-0.3, -0.25) is 19.3 Å². The molecule has 2 fully saturated rings. The molecule has 0 saturated carbocycles. The van der Waals surface area contributed by atoms with Gasteiger partial charge in [0.25, 0.3) is 17.7 Å². The summed E-state index contributed by atoms with van der Waals surface area (Å²) in [6.45, 7) is 1.98. The van der Waals surface area contributed by atoms with Gasteiger partial charge in [0.05, 0.1) is 33.1 Å². The first kappa shape index (κ1) is 43.8. The van der Waals surface area contributed by atoms with E-state index in [1.54, 1.807) is 0 Å². The number of quaternary nitrogens is 1. The normalized spacial score (nSPS) is 20.2. The van der Waals surface area contributed by atoms with Crippen molar-refractivity contribution in [1.29, 1.82) is 0 Å². The Hall–Kier alpha value is -1.89. The summed E-state index contributed by atoms with van der Waals surface area (Å²) in [5.41, 5.74) is 8.48. The molecule has 0 bridgehead atoms. The van der Waals surface area contributed by atoms with E-state index in [9.17, 15) is 45.1 Å².